The van der Waals surface area contributed by atoms with Gasteiger partial charge in [-0.15, -0.1) is 0 Å². The van der Waals surface area contributed by atoms with Crippen LogP contribution in [-0.2, 0) is 9.59 Å². The van der Waals surface area contributed by atoms with Gasteiger partial charge in [-0.2, -0.15) is 0 Å². The van der Waals surface area contributed by atoms with Crippen molar-refractivity contribution in [2.75, 3.05) is 18.6 Å². The fraction of sp³-hybridized carbons (Fsp3) is 0.125. The van der Waals surface area contributed by atoms with E-state index in [0.29, 0.717) is 22.2 Å². The summed E-state index contributed by atoms with van der Waals surface area (Å²) >= 11 is 12.0. The number of likely N-dealkylation sites (N-methyl/N-ethyl adjacent to an activating group) is 1. The maximum absolute atomic E-state index is 13.1. The number of hydrogen-bond donors (Lipinski definition) is 1. The Morgan fingerprint density at radius 1 is 1.06 bits per heavy atom. The average Bonchev–Trinajstić information content (AvgIpc) is 2.90. The zero-order valence-electron chi connectivity index (χ0n) is 17.1. The van der Waals surface area contributed by atoms with Crippen LogP contribution in [0.1, 0.15) is 11.1 Å². The number of hydrogen-bond acceptors (Lipinski definition) is 4. The third-order valence-corrected chi connectivity index (χ3v) is 5.47. The van der Waals surface area contributed by atoms with Gasteiger partial charge in [0.2, 0.25) is 6.17 Å². The quantitative estimate of drug-likeness (QED) is 0.606. The molecule has 0 spiro atoms. The molecule has 8 heteroatoms. The highest BCUT2D eigenvalue weighted by molar-refractivity contribution is 6.35. The third kappa shape index (κ3) is 4.61. The number of carbonyl (C=O) groups is 2. The lowest BCUT2D eigenvalue weighted by molar-refractivity contribution is -0.128. The highest BCUT2D eigenvalue weighted by Crippen LogP contribution is 2.28. The van der Waals surface area contributed by atoms with Gasteiger partial charge in [0.25, 0.3) is 11.8 Å². The molecule has 32 heavy (non-hydrogen) atoms. The van der Waals surface area contributed by atoms with Crippen LogP contribution in [0.4, 0.5) is 5.69 Å². The van der Waals surface area contributed by atoms with E-state index >= 15 is 0 Å². The normalized spacial score (nSPS) is 15.5. The lowest BCUT2D eigenvalue weighted by Crippen LogP contribution is -2.47. The highest BCUT2D eigenvalue weighted by Gasteiger charge is 2.31. The number of nitrogens with zero attached hydrogens (tertiary/aromatic N) is 2. The summed E-state index contributed by atoms with van der Waals surface area (Å²) in [5, 5.41) is 3.41. The molecule has 0 aliphatic carbocycles. The molecule has 1 atom stereocenters. The van der Waals surface area contributed by atoms with E-state index in [-0.39, 0.29) is 17.5 Å². The molecule has 6 nitrogen and oxygen atoms in total. The predicted molar refractivity (Wildman–Crippen MR) is 126 cm³/mol. The van der Waals surface area contributed by atoms with Gasteiger partial charge in [-0.05, 0) is 24.3 Å². The van der Waals surface area contributed by atoms with Crippen molar-refractivity contribution in [1.29, 1.82) is 0 Å². The molecule has 0 bridgehead atoms. The molecule has 4 rings (SSSR count). The van der Waals surface area contributed by atoms with Crippen LogP contribution >= 0.6 is 23.2 Å². The molecule has 2 amide bonds. The Labute approximate surface area is 195 Å². The number of amides is 2. The lowest BCUT2D eigenvalue weighted by atomic mass is 10.0. The molecule has 1 aliphatic rings. The van der Waals surface area contributed by atoms with Crippen molar-refractivity contribution in [3.8, 4) is 5.75 Å². The number of nitrogens with one attached hydrogen (secondary N) is 1. The van der Waals surface area contributed by atoms with Crippen molar-refractivity contribution in [3.63, 3.8) is 0 Å². The van der Waals surface area contributed by atoms with Crippen molar-refractivity contribution in [1.82, 2.24) is 5.32 Å². The van der Waals surface area contributed by atoms with Gasteiger partial charge < -0.3 is 15.0 Å². The molecule has 1 unspecified atom stereocenters. The number of benzene rings is 3. The van der Waals surface area contributed by atoms with E-state index in [4.69, 9.17) is 27.9 Å². The lowest BCUT2D eigenvalue weighted by Gasteiger charge is -2.21. The number of aliphatic imine (C=N–C) groups is 1. The van der Waals surface area contributed by atoms with E-state index in [1.54, 1.807) is 19.2 Å². The zero-order chi connectivity index (χ0) is 22.7. The number of benzodiazepines with no additional fused rings is 1. The Morgan fingerprint density at radius 2 is 1.78 bits per heavy atom. The number of ether oxygens (including phenoxy) is 1. The van der Waals surface area contributed by atoms with Gasteiger partial charge in [-0.1, -0.05) is 71.7 Å². The molecule has 3 aromatic rings. The maximum atomic E-state index is 13.1. The molecule has 0 saturated carbocycles. The predicted octanol–water partition coefficient (Wildman–Crippen LogP) is 4.33. The van der Waals surface area contributed by atoms with E-state index in [1.165, 1.54) is 11.0 Å². The smallest absolute Gasteiger partial charge is 0.272 e. The molecule has 1 heterocycles. The molecule has 0 radical (unpaired) electrons. The zero-order valence-corrected chi connectivity index (χ0v) is 18.6. The fourth-order valence-corrected chi connectivity index (χ4v) is 3.84. The van der Waals surface area contributed by atoms with Crippen molar-refractivity contribution in [2.45, 2.75) is 6.17 Å². The Kier molecular flexibility index (Phi) is 6.44. The van der Waals surface area contributed by atoms with Gasteiger partial charge in [0, 0.05) is 23.2 Å². The molecule has 0 aromatic heterocycles. The number of carbonyl (C=O) groups excluding carboxylic acids is 2. The summed E-state index contributed by atoms with van der Waals surface area (Å²) in [6, 6.07) is 21.7. The molecular weight excluding hydrogens is 449 g/mol. The Bertz CT molecular complexity index is 1200. The monoisotopic (exact) mass is 467 g/mol. The second kappa shape index (κ2) is 9.42. The van der Waals surface area contributed by atoms with Crippen LogP contribution in [0, 0.1) is 0 Å². The summed E-state index contributed by atoms with van der Waals surface area (Å²) in [7, 11) is 1.66. The Balaban J connectivity index is 1.60. The second-order valence-electron chi connectivity index (χ2n) is 7.09. The van der Waals surface area contributed by atoms with Gasteiger partial charge in [0.1, 0.15) is 5.75 Å². The third-order valence-electron chi connectivity index (χ3n) is 4.94. The number of anilines is 1. The summed E-state index contributed by atoms with van der Waals surface area (Å²) in [4.78, 5) is 31.8. The number of para-hydroxylation sites is 1. The molecular formula is C24H19Cl2N3O3. The standard InChI is InChI=1S/C24H19Cl2N3O3/c1-29-19-10-6-5-9-17(19)22(15-7-3-2-4-8-15)28-23(24(29)31)27-21(30)14-32-20-12-11-16(25)13-18(20)26/h2-13,23H,14H2,1H3,(H,27,30). The first-order chi connectivity index (χ1) is 15.4. The number of rotatable bonds is 5. The van der Waals surface area contributed by atoms with Gasteiger partial charge >= 0.3 is 0 Å². The van der Waals surface area contributed by atoms with Gasteiger partial charge in [-0.3, -0.25) is 9.59 Å². The molecule has 0 fully saturated rings. The Hall–Kier alpha value is -3.35. The molecule has 162 valence electrons. The number of fused-ring (bicyclic) bond motifs is 1. The van der Waals surface area contributed by atoms with Crippen LogP contribution in [0.5, 0.6) is 5.75 Å². The van der Waals surface area contributed by atoms with Crippen molar-refractivity contribution in [3.05, 3.63) is 94.0 Å². The minimum atomic E-state index is -1.11. The first-order valence-corrected chi connectivity index (χ1v) is 10.6. The van der Waals surface area contributed by atoms with Gasteiger partial charge in [-0.25, -0.2) is 4.99 Å². The van der Waals surface area contributed by atoms with Crippen LogP contribution in [0.3, 0.4) is 0 Å². The molecule has 1 aliphatic heterocycles. The molecule has 3 aromatic carbocycles. The summed E-state index contributed by atoms with van der Waals surface area (Å²) in [5.74, 6) is -0.553. The van der Waals surface area contributed by atoms with Gasteiger partial charge in [0.05, 0.1) is 16.4 Å². The minimum Gasteiger partial charge on any atom is -0.482 e. The number of halogens is 2. The van der Waals surface area contributed by atoms with Crippen molar-refractivity contribution in [2.24, 2.45) is 4.99 Å². The van der Waals surface area contributed by atoms with E-state index in [2.05, 4.69) is 10.3 Å². The van der Waals surface area contributed by atoms with Crippen LogP contribution in [0.2, 0.25) is 10.0 Å². The van der Waals surface area contributed by atoms with Gasteiger partial charge in [0.15, 0.2) is 6.61 Å². The largest absolute Gasteiger partial charge is 0.482 e. The molecule has 1 N–H and O–H groups in total. The summed E-state index contributed by atoms with van der Waals surface area (Å²) in [5.41, 5.74) is 2.97. The van der Waals surface area contributed by atoms with E-state index in [1.807, 2.05) is 54.6 Å². The van der Waals surface area contributed by atoms with Crippen molar-refractivity contribution < 1.29 is 14.3 Å². The topological polar surface area (TPSA) is 71.0 Å². The summed E-state index contributed by atoms with van der Waals surface area (Å²) in [6.45, 7) is -0.335. The van der Waals surface area contributed by atoms with E-state index in [9.17, 15) is 9.59 Å². The summed E-state index contributed by atoms with van der Waals surface area (Å²) < 4.78 is 5.49. The first kappa shape index (κ1) is 21.9. The highest BCUT2D eigenvalue weighted by atomic mass is 35.5. The maximum Gasteiger partial charge on any atom is 0.272 e. The van der Waals surface area contributed by atoms with E-state index in [0.717, 1.165) is 11.1 Å². The SMILES string of the molecule is CN1C(=O)C(NC(=O)COc2ccc(Cl)cc2Cl)N=C(c2ccccc2)c2ccccc21. The van der Waals surface area contributed by atoms with Crippen LogP contribution in [0.25, 0.3) is 0 Å². The van der Waals surface area contributed by atoms with Crippen LogP contribution in [-0.4, -0.2) is 37.3 Å². The fourth-order valence-electron chi connectivity index (χ4n) is 3.37. The second-order valence-corrected chi connectivity index (χ2v) is 7.94. The van der Waals surface area contributed by atoms with Crippen molar-refractivity contribution >= 4 is 46.4 Å². The Morgan fingerprint density at radius 3 is 2.53 bits per heavy atom. The summed E-state index contributed by atoms with van der Waals surface area (Å²) in [6.07, 6.45) is -1.11. The minimum absolute atomic E-state index is 0.287. The van der Waals surface area contributed by atoms with Crippen LogP contribution < -0.4 is 15.0 Å². The average molecular weight is 468 g/mol. The van der Waals surface area contributed by atoms with E-state index < -0.39 is 12.1 Å². The van der Waals surface area contributed by atoms with Crippen LogP contribution in [0.15, 0.2) is 77.8 Å². The first-order valence-electron chi connectivity index (χ1n) is 9.81. The molecule has 0 saturated heterocycles.